The van der Waals surface area contributed by atoms with E-state index >= 15 is 0 Å². The van der Waals surface area contributed by atoms with Gasteiger partial charge in [0.25, 0.3) is 5.91 Å². The number of hydrogen-bond donors (Lipinski definition) is 0. The molecular formula is C20H25N7O2. The Morgan fingerprint density at radius 1 is 1.10 bits per heavy atom. The van der Waals surface area contributed by atoms with Gasteiger partial charge in [-0.3, -0.25) is 4.79 Å². The van der Waals surface area contributed by atoms with Gasteiger partial charge in [0.05, 0.1) is 24.3 Å². The van der Waals surface area contributed by atoms with Gasteiger partial charge in [-0.2, -0.15) is 0 Å². The molecule has 0 aliphatic carbocycles. The Morgan fingerprint density at radius 2 is 1.90 bits per heavy atom. The summed E-state index contributed by atoms with van der Waals surface area (Å²) in [6.07, 6.45) is 5.92. The molecule has 1 unspecified atom stereocenters. The molecule has 29 heavy (non-hydrogen) atoms. The topological polar surface area (TPSA) is 87.6 Å². The second-order valence-corrected chi connectivity index (χ2v) is 8.16. The Bertz CT molecular complexity index is 901. The summed E-state index contributed by atoms with van der Waals surface area (Å²) in [4.78, 5) is 37.1. The maximum absolute atomic E-state index is 12.8. The number of anilines is 1. The van der Waals surface area contributed by atoms with Crippen LogP contribution in [-0.4, -0.2) is 88.6 Å². The standard InChI is InChI=1S/C20H25N7O2/c1-25-7-9-26(10-8-25)19-23-11-15-12-29-14-20(16(15)24-19)3-6-27(13-20)18(28)17-21-4-2-5-22-17/h2,4-5,11H,3,6-10,12-14H2,1H3. The normalized spacial score (nSPS) is 24.7. The van der Waals surface area contributed by atoms with E-state index in [9.17, 15) is 4.79 Å². The highest BCUT2D eigenvalue weighted by Crippen LogP contribution is 2.39. The number of carbonyl (C=O) groups excluding carboxylic acids is 1. The van der Waals surface area contributed by atoms with Crippen LogP contribution in [0.2, 0.25) is 0 Å². The SMILES string of the molecule is CN1CCN(c2ncc3c(n2)C2(CCN(C(=O)c4ncccn4)C2)COC3)CC1. The van der Waals surface area contributed by atoms with E-state index in [0.29, 0.717) is 26.3 Å². The van der Waals surface area contributed by atoms with Crippen molar-refractivity contribution in [2.75, 3.05) is 57.8 Å². The third-order valence-corrected chi connectivity index (χ3v) is 6.17. The number of likely N-dealkylation sites (N-methyl/N-ethyl adjacent to an activating group) is 1. The molecule has 2 aromatic rings. The molecule has 1 amide bonds. The van der Waals surface area contributed by atoms with Crippen LogP contribution in [0.3, 0.4) is 0 Å². The number of carbonyl (C=O) groups is 1. The fraction of sp³-hybridized carbons (Fsp3) is 0.550. The van der Waals surface area contributed by atoms with Crippen LogP contribution in [0.1, 0.15) is 28.3 Å². The van der Waals surface area contributed by atoms with Gasteiger partial charge in [-0.15, -0.1) is 0 Å². The number of hydrogen-bond acceptors (Lipinski definition) is 8. The molecule has 1 spiro atoms. The first-order valence-corrected chi connectivity index (χ1v) is 10.1. The third kappa shape index (κ3) is 3.34. The Kier molecular flexibility index (Phi) is 4.63. The number of rotatable bonds is 2. The Morgan fingerprint density at radius 3 is 2.69 bits per heavy atom. The molecule has 1 atom stereocenters. The van der Waals surface area contributed by atoms with Crippen LogP contribution in [0.5, 0.6) is 0 Å². The predicted molar refractivity (Wildman–Crippen MR) is 106 cm³/mol. The molecule has 5 rings (SSSR count). The summed E-state index contributed by atoms with van der Waals surface area (Å²) in [7, 11) is 2.14. The highest BCUT2D eigenvalue weighted by atomic mass is 16.5. The van der Waals surface area contributed by atoms with Crippen molar-refractivity contribution in [2.45, 2.75) is 18.4 Å². The minimum atomic E-state index is -0.289. The molecule has 9 heteroatoms. The summed E-state index contributed by atoms with van der Waals surface area (Å²) in [5.41, 5.74) is 1.78. The minimum absolute atomic E-state index is 0.136. The number of piperazine rings is 1. The number of aromatic nitrogens is 4. The number of nitrogens with zero attached hydrogens (tertiary/aromatic N) is 7. The monoisotopic (exact) mass is 395 g/mol. The fourth-order valence-corrected chi connectivity index (χ4v) is 4.45. The van der Waals surface area contributed by atoms with Crippen molar-refractivity contribution in [3.8, 4) is 0 Å². The lowest BCUT2D eigenvalue weighted by Crippen LogP contribution is -2.46. The number of amides is 1. The summed E-state index contributed by atoms with van der Waals surface area (Å²) in [5.74, 6) is 0.888. The lowest BCUT2D eigenvalue weighted by molar-refractivity contribution is 0.0482. The zero-order valence-electron chi connectivity index (χ0n) is 16.6. The smallest absolute Gasteiger partial charge is 0.291 e. The van der Waals surface area contributed by atoms with E-state index < -0.39 is 0 Å². The Labute approximate surface area is 169 Å². The molecular weight excluding hydrogens is 370 g/mol. The Hall–Kier alpha value is -2.65. The summed E-state index contributed by atoms with van der Waals surface area (Å²) in [5, 5.41) is 0. The van der Waals surface area contributed by atoms with E-state index in [2.05, 4.69) is 31.8 Å². The summed E-state index contributed by atoms with van der Waals surface area (Å²) >= 11 is 0. The van der Waals surface area contributed by atoms with Gasteiger partial charge in [-0.1, -0.05) is 0 Å². The predicted octanol–water partition coefficient (Wildman–Crippen LogP) is 0.333. The van der Waals surface area contributed by atoms with Crippen molar-refractivity contribution in [3.05, 3.63) is 41.7 Å². The zero-order chi connectivity index (χ0) is 19.8. The van der Waals surface area contributed by atoms with Gasteiger partial charge >= 0.3 is 0 Å². The average Bonchev–Trinajstić information content (AvgIpc) is 3.19. The summed E-state index contributed by atoms with van der Waals surface area (Å²) in [6.45, 7) is 6.17. The minimum Gasteiger partial charge on any atom is -0.376 e. The first-order chi connectivity index (χ1) is 14.1. The van der Waals surface area contributed by atoms with Crippen LogP contribution >= 0.6 is 0 Å². The number of ether oxygens (including phenoxy) is 1. The highest BCUT2D eigenvalue weighted by Gasteiger charge is 2.47. The number of fused-ring (bicyclic) bond motifs is 2. The third-order valence-electron chi connectivity index (χ3n) is 6.17. The van der Waals surface area contributed by atoms with Gasteiger partial charge in [-0.05, 0) is 19.5 Å². The quantitative estimate of drug-likeness (QED) is 0.719. The van der Waals surface area contributed by atoms with E-state index in [4.69, 9.17) is 9.72 Å². The van der Waals surface area contributed by atoms with E-state index in [0.717, 1.165) is 49.8 Å². The Balaban J connectivity index is 1.41. The molecule has 3 aliphatic rings. The summed E-state index contributed by atoms with van der Waals surface area (Å²) in [6, 6.07) is 1.71. The van der Waals surface area contributed by atoms with Gasteiger partial charge < -0.3 is 19.4 Å². The van der Waals surface area contributed by atoms with Crippen molar-refractivity contribution >= 4 is 11.9 Å². The largest absolute Gasteiger partial charge is 0.376 e. The molecule has 0 N–H and O–H groups in total. The average molecular weight is 395 g/mol. The number of likely N-dealkylation sites (tertiary alicyclic amines) is 1. The van der Waals surface area contributed by atoms with Crippen molar-refractivity contribution in [1.82, 2.24) is 29.7 Å². The maximum atomic E-state index is 12.8. The second-order valence-electron chi connectivity index (χ2n) is 8.16. The summed E-state index contributed by atoms with van der Waals surface area (Å²) < 4.78 is 5.90. The van der Waals surface area contributed by atoms with Crippen LogP contribution in [0, 0.1) is 0 Å². The van der Waals surface area contributed by atoms with Crippen molar-refractivity contribution in [2.24, 2.45) is 0 Å². The van der Waals surface area contributed by atoms with Crippen LogP contribution in [0.25, 0.3) is 0 Å². The van der Waals surface area contributed by atoms with E-state index in [-0.39, 0.29) is 17.1 Å². The molecule has 0 saturated carbocycles. The van der Waals surface area contributed by atoms with Gasteiger partial charge in [0.2, 0.25) is 11.8 Å². The fourth-order valence-electron chi connectivity index (χ4n) is 4.45. The molecule has 0 radical (unpaired) electrons. The van der Waals surface area contributed by atoms with E-state index in [1.165, 1.54) is 0 Å². The van der Waals surface area contributed by atoms with Crippen molar-refractivity contribution in [1.29, 1.82) is 0 Å². The van der Waals surface area contributed by atoms with Crippen LogP contribution in [0.15, 0.2) is 24.7 Å². The van der Waals surface area contributed by atoms with E-state index in [1.807, 2.05) is 11.1 Å². The first kappa shape index (κ1) is 18.4. The molecule has 0 bridgehead atoms. The van der Waals surface area contributed by atoms with Gasteiger partial charge in [0.15, 0.2) is 0 Å². The molecule has 3 aliphatic heterocycles. The lowest BCUT2D eigenvalue weighted by atomic mass is 9.80. The van der Waals surface area contributed by atoms with Gasteiger partial charge in [0, 0.05) is 63.4 Å². The van der Waals surface area contributed by atoms with Crippen LogP contribution in [-0.2, 0) is 16.8 Å². The van der Waals surface area contributed by atoms with Crippen molar-refractivity contribution in [3.63, 3.8) is 0 Å². The highest BCUT2D eigenvalue weighted by molar-refractivity contribution is 5.90. The second kappa shape index (κ2) is 7.31. The lowest BCUT2D eigenvalue weighted by Gasteiger charge is -2.36. The van der Waals surface area contributed by atoms with Crippen molar-refractivity contribution < 1.29 is 9.53 Å². The first-order valence-electron chi connectivity index (χ1n) is 10.1. The van der Waals surface area contributed by atoms with Crippen LogP contribution in [0.4, 0.5) is 5.95 Å². The van der Waals surface area contributed by atoms with Gasteiger partial charge in [0.1, 0.15) is 0 Å². The molecule has 2 fully saturated rings. The molecule has 0 aromatic carbocycles. The maximum Gasteiger partial charge on any atom is 0.291 e. The molecule has 2 saturated heterocycles. The molecule has 152 valence electrons. The molecule has 2 aromatic heterocycles. The van der Waals surface area contributed by atoms with E-state index in [1.54, 1.807) is 18.5 Å². The molecule has 9 nitrogen and oxygen atoms in total. The molecule has 5 heterocycles. The zero-order valence-corrected chi connectivity index (χ0v) is 16.6. The van der Waals surface area contributed by atoms with Crippen LogP contribution < -0.4 is 4.90 Å². The van der Waals surface area contributed by atoms with Gasteiger partial charge in [-0.25, -0.2) is 19.9 Å².